The Morgan fingerprint density at radius 3 is 2.26 bits per heavy atom. The van der Waals surface area contributed by atoms with Crippen molar-refractivity contribution in [2.24, 2.45) is 11.8 Å². The van der Waals surface area contributed by atoms with Crippen molar-refractivity contribution < 1.29 is 13.2 Å². The molecule has 0 aromatic heterocycles. The Morgan fingerprint density at radius 2 is 1.70 bits per heavy atom. The van der Waals surface area contributed by atoms with Gasteiger partial charge in [-0.15, -0.1) is 0 Å². The third kappa shape index (κ3) is 4.07. The zero-order chi connectivity index (χ0) is 17.2. The monoisotopic (exact) mass is 339 g/mol. The molecule has 0 aliphatic carbocycles. The molecule has 0 amide bonds. The van der Waals surface area contributed by atoms with Crippen LogP contribution in [-0.2, 0) is 10.0 Å². The summed E-state index contributed by atoms with van der Waals surface area (Å²) in [5.74, 6) is 1.26. The number of hydrogen-bond donors (Lipinski definition) is 0. The lowest BCUT2D eigenvalue weighted by Gasteiger charge is -2.34. The van der Waals surface area contributed by atoms with Gasteiger partial charge in [0.15, 0.2) is 0 Å². The summed E-state index contributed by atoms with van der Waals surface area (Å²) >= 11 is 0. The largest absolute Gasteiger partial charge is 0.492 e. The molecule has 0 N–H and O–H groups in total. The minimum atomic E-state index is -3.52. The van der Waals surface area contributed by atoms with E-state index < -0.39 is 10.0 Å². The number of sulfonamides is 1. The van der Waals surface area contributed by atoms with E-state index in [9.17, 15) is 8.42 Å². The lowest BCUT2D eigenvalue weighted by Crippen LogP contribution is -2.42. The van der Waals surface area contributed by atoms with Crippen molar-refractivity contribution in [1.82, 2.24) is 4.31 Å². The summed E-state index contributed by atoms with van der Waals surface area (Å²) in [6.45, 7) is 11.9. The van der Waals surface area contributed by atoms with Gasteiger partial charge in [0.05, 0.1) is 6.61 Å². The first-order valence-corrected chi connectivity index (χ1v) is 9.93. The molecule has 2 atom stereocenters. The smallest absolute Gasteiger partial charge is 0.246 e. The van der Waals surface area contributed by atoms with E-state index in [4.69, 9.17) is 4.74 Å². The number of aryl methyl sites for hydroxylation is 2. The van der Waals surface area contributed by atoms with Crippen molar-refractivity contribution in [3.05, 3.63) is 23.3 Å². The number of hydrogen-bond acceptors (Lipinski definition) is 3. The number of ether oxygens (including phenoxy) is 1. The van der Waals surface area contributed by atoms with Crippen molar-refractivity contribution >= 4 is 10.0 Å². The maximum atomic E-state index is 13.2. The van der Waals surface area contributed by atoms with E-state index in [0.717, 1.165) is 24.0 Å². The summed E-state index contributed by atoms with van der Waals surface area (Å²) in [7, 11) is -3.52. The number of rotatable bonds is 5. The zero-order valence-corrected chi connectivity index (χ0v) is 15.7. The van der Waals surface area contributed by atoms with Gasteiger partial charge >= 0.3 is 0 Å². The van der Waals surface area contributed by atoms with Crippen LogP contribution in [0.1, 0.15) is 44.7 Å². The van der Waals surface area contributed by atoms with Gasteiger partial charge in [0.2, 0.25) is 10.0 Å². The standard InChI is InChI=1S/C18H29NO3S/c1-6-7-22-17-9-15(4)16(5)10-18(17)23(20,21)19-11-13(2)8-14(3)12-19/h9-10,13-14H,6-8,11-12H2,1-5H3. The van der Waals surface area contributed by atoms with Gasteiger partial charge in [0.1, 0.15) is 10.6 Å². The highest BCUT2D eigenvalue weighted by molar-refractivity contribution is 7.89. The maximum Gasteiger partial charge on any atom is 0.246 e. The van der Waals surface area contributed by atoms with Crippen LogP contribution in [0.3, 0.4) is 0 Å². The molecule has 2 unspecified atom stereocenters. The molecule has 1 aliphatic rings. The average molecular weight is 340 g/mol. The fraction of sp³-hybridized carbons (Fsp3) is 0.667. The minimum absolute atomic E-state index is 0.315. The number of benzene rings is 1. The highest BCUT2D eigenvalue weighted by Crippen LogP contribution is 2.33. The van der Waals surface area contributed by atoms with Crippen LogP contribution in [0.4, 0.5) is 0 Å². The first-order valence-electron chi connectivity index (χ1n) is 8.49. The van der Waals surface area contributed by atoms with E-state index in [2.05, 4.69) is 13.8 Å². The molecule has 0 bridgehead atoms. The Hall–Kier alpha value is -1.07. The molecular weight excluding hydrogens is 310 g/mol. The van der Waals surface area contributed by atoms with Gasteiger partial charge in [-0.25, -0.2) is 8.42 Å². The van der Waals surface area contributed by atoms with Gasteiger partial charge < -0.3 is 4.74 Å². The Labute approximate surface area is 140 Å². The predicted molar refractivity (Wildman–Crippen MR) is 93.4 cm³/mol. The fourth-order valence-electron chi connectivity index (χ4n) is 3.23. The summed E-state index contributed by atoms with van der Waals surface area (Å²) in [6.07, 6.45) is 1.93. The first-order chi connectivity index (χ1) is 10.8. The van der Waals surface area contributed by atoms with Crippen molar-refractivity contribution in [3.8, 4) is 5.75 Å². The summed E-state index contributed by atoms with van der Waals surface area (Å²) in [5, 5.41) is 0. The lowest BCUT2D eigenvalue weighted by atomic mass is 9.94. The Balaban J connectivity index is 2.43. The molecule has 1 fully saturated rings. The predicted octanol–water partition coefficient (Wildman–Crippen LogP) is 3.76. The second kappa shape index (κ2) is 7.22. The van der Waals surface area contributed by atoms with Crippen LogP contribution in [0.25, 0.3) is 0 Å². The van der Waals surface area contributed by atoms with Crippen molar-refractivity contribution in [2.45, 2.75) is 52.4 Å². The summed E-state index contributed by atoms with van der Waals surface area (Å²) in [6, 6.07) is 3.62. The van der Waals surface area contributed by atoms with E-state index >= 15 is 0 Å². The molecular formula is C18H29NO3S. The maximum absolute atomic E-state index is 13.2. The molecule has 130 valence electrons. The quantitative estimate of drug-likeness (QED) is 0.820. The second-order valence-corrected chi connectivity index (χ2v) is 8.91. The van der Waals surface area contributed by atoms with E-state index in [1.807, 2.05) is 26.8 Å². The van der Waals surface area contributed by atoms with Crippen LogP contribution >= 0.6 is 0 Å². The molecule has 23 heavy (non-hydrogen) atoms. The van der Waals surface area contributed by atoms with Gasteiger partial charge in [0, 0.05) is 13.1 Å². The van der Waals surface area contributed by atoms with Crippen molar-refractivity contribution in [1.29, 1.82) is 0 Å². The summed E-state index contributed by atoms with van der Waals surface area (Å²) in [4.78, 5) is 0.315. The highest BCUT2D eigenvalue weighted by atomic mass is 32.2. The Morgan fingerprint density at radius 1 is 1.13 bits per heavy atom. The molecule has 0 radical (unpaired) electrons. The van der Waals surface area contributed by atoms with Crippen molar-refractivity contribution in [3.63, 3.8) is 0 Å². The second-order valence-electron chi connectivity index (χ2n) is 7.00. The van der Waals surface area contributed by atoms with Crippen LogP contribution in [0.5, 0.6) is 5.75 Å². The fourth-order valence-corrected chi connectivity index (χ4v) is 5.11. The summed E-state index contributed by atoms with van der Waals surface area (Å²) < 4.78 is 33.7. The Bertz CT molecular complexity index is 644. The molecule has 1 saturated heterocycles. The van der Waals surface area contributed by atoms with Gasteiger partial charge in [0.25, 0.3) is 0 Å². The molecule has 0 saturated carbocycles. The molecule has 1 aromatic carbocycles. The normalized spacial score (nSPS) is 23.0. The van der Waals surface area contributed by atoms with E-state index in [0.29, 0.717) is 42.2 Å². The third-order valence-corrected chi connectivity index (χ3v) is 6.33. The first kappa shape index (κ1) is 18.3. The topological polar surface area (TPSA) is 46.6 Å². The van der Waals surface area contributed by atoms with Gasteiger partial charge in [-0.3, -0.25) is 0 Å². The van der Waals surface area contributed by atoms with Crippen LogP contribution in [0, 0.1) is 25.7 Å². The molecule has 0 spiro atoms. The van der Waals surface area contributed by atoms with E-state index in [1.165, 1.54) is 0 Å². The zero-order valence-electron chi connectivity index (χ0n) is 14.9. The average Bonchev–Trinajstić information content (AvgIpc) is 2.47. The summed E-state index contributed by atoms with van der Waals surface area (Å²) in [5.41, 5.74) is 2.03. The molecule has 4 nitrogen and oxygen atoms in total. The van der Waals surface area contributed by atoms with Gasteiger partial charge in [-0.1, -0.05) is 20.8 Å². The van der Waals surface area contributed by atoms with Gasteiger partial charge in [-0.05, 0) is 61.8 Å². The molecule has 1 aromatic rings. The van der Waals surface area contributed by atoms with E-state index in [1.54, 1.807) is 10.4 Å². The highest BCUT2D eigenvalue weighted by Gasteiger charge is 2.33. The van der Waals surface area contributed by atoms with Gasteiger partial charge in [-0.2, -0.15) is 4.31 Å². The Kier molecular flexibility index (Phi) is 5.74. The van der Waals surface area contributed by atoms with Crippen LogP contribution < -0.4 is 4.74 Å². The van der Waals surface area contributed by atoms with E-state index in [-0.39, 0.29) is 0 Å². The number of piperidine rings is 1. The van der Waals surface area contributed by atoms with Crippen LogP contribution in [0.2, 0.25) is 0 Å². The SMILES string of the molecule is CCCOc1cc(C)c(C)cc1S(=O)(=O)N1CC(C)CC(C)C1. The molecule has 1 aliphatic heterocycles. The van der Waals surface area contributed by atoms with Crippen molar-refractivity contribution in [2.75, 3.05) is 19.7 Å². The minimum Gasteiger partial charge on any atom is -0.492 e. The van der Waals surface area contributed by atoms with Crippen LogP contribution in [-0.4, -0.2) is 32.4 Å². The third-order valence-electron chi connectivity index (χ3n) is 4.47. The lowest BCUT2D eigenvalue weighted by molar-refractivity contribution is 0.221. The molecule has 2 rings (SSSR count). The molecule has 1 heterocycles. The molecule has 5 heteroatoms. The number of nitrogens with zero attached hydrogens (tertiary/aromatic N) is 1. The van der Waals surface area contributed by atoms with Crippen LogP contribution in [0.15, 0.2) is 17.0 Å².